The summed E-state index contributed by atoms with van der Waals surface area (Å²) in [4.78, 5) is 0. The minimum atomic E-state index is 0.0143. The highest BCUT2D eigenvalue weighted by molar-refractivity contribution is 9.10. The Morgan fingerprint density at radius 3 is 2.45 bits per heavy atom. The largest absolute Gasteiger partial charge is 0.306 e. The fourth-order valence-corrected chi connectivity index (χ4v) is 3.14. The summed E-state index contributed by atoms with van der Waals surface area (Å²) in [6, 6.07) is 12.0. The molecule has 0 bridgehead atoms. The Balaban J connectivity index is 2.56. The second-order valence-electron chi connectivity index (χ2n) is 4.61. The van der Waals surface area contributed by atoms with Gasteiger partial charge in [0.1, 0.15) is 0 Å². The SMILES string of the molecule is CCNC(c1cccc(Cl)c1Cl)c1cccc(C)c1Br. The third kappa shape index (κ3) is 3.20. The molecule has 1 atom stereocenters. The molecule has 0 aliphatic heterocycles. The maximum atomic E-state index is 6.38. The van der Waals surface area contributed by atoms with Crippen LogP contribution in [0, 0.1) is 6.92 Å². The minimum Gasteiger partial charge on any atom is -0.306 e. The zero-order valence-electron chi connectivity index (χ0n) is 11.4. The molecule has 0 aliphatic carbocycles. The Hall–Kier alpha value is -0.540. The molecule has 0 aliphatic rings. The quantitative estimate of drug-likeness (QED) is 0.718. The van der Waals surface area contributed by atoms with E-state index in [9.17, 15) is 0 Å². The number of aryl methyl sites for hydroxylation is 1. The molecule has 2 rings (SSSR count). The van der Waals surface area contributed by atoms with Crippen molar-refractivity contribution in [2.75, 3.05) is 6.54 Å². The molecule has 0 spiro atoms. The van der Waals surface area contributed by atoms with Gasteiger partial charge in [-0.3, -0.25) is 0 Å². The van der Waals surface area contributed by atoms with Gasteiger partial charge in [-0.15, -0.1) is 0 Å². The van der Waals surface area contributed by atoms with Gasteiger partial charge < -0.3 is 5.32 Å². The van der Waals surface area contributed by atoms with Crippen molar-refractivity contribution >= 4 is 39.1 Å². The van der Waals surface area contributed by atoms with Crippen LogP contribution in [0.25, 0.3) is 0 Å². The van der Waals surface area contributed by atoms with Crippen LogP contribution in [0.5, 0.6) is 0 Å². The van der Waals surface area contributed by atoms with Crippen molar-refractivity contribution < 1.29 is 0 Å². The van der Waals surface area contributed by atoms with E-state index in [1.54, 1.807) is 0 Å². The van der Waals surface area contributed by atoms with E-state index in [4.69, 9.17) is 23.2 Å². The highest BCUT2D eigenvalue weighted by Gasteiger charge is 2.20. The maximum Gasteiger partial charge on any atom is 0.0643 e. The molecule has 2 aromatic rings. The van der Waals surface area contributed by atoms with Gasteiger partial charge in [-0.25, -0.2) is 0 Å². The molecule has 1 N–H and O–H groups in total. The van der Waals surface area contributed by atoms with Gasteiger partial charge in [-0.05, 0) is 36.2 Å². The number of hydrogen-bond donors (Lipinski definition) is 1. The smallest absolute Gasteiger partial charge is 0.0643 e. The van der Waals surface area contributed by atoms with Crippen LogP contribution in [-0.4, -0.2) is 6.54 Å². The fraction of sp³-hybridized carbons (Fsp3) is 0.250. The van der Waals surface area contributed by atoms with Crippen LogP contribution in [0.15, 0.2) is 40.9 Å². The summed E-state index contributed by atoms with van der Waals surface area (Å²) in [5, 5.41) is 4.66. The highest BCUT2D eigenvalue weighted by atomic mass is 79.9. The second kappa shape index (κ2) is 6.95. The zero-order chi connectivity index (χ0) is 14.7. The van der Waals surface area contributed by atoms with Crippen molar-refractivity contribution in [2.24, 2.45) is 0 Å². The van der Waals surface area contributed by atoms with E-state index in [1.807, 2.05) is 18.2 Å². The molecule has 1 nitrogen and oxygen atoms in total. The lowest BCUT2D eigenvalue weighted by atomic mass is 9.97. The normalized spacial score (nSPS) is 12.4. The van der Waals surface area contributed by atoms with Gasteiger partial charge >= 0.3 is 0 Å². The molecule has 0 fully saturated rings. The van der Waals surface area contributed by atoms with Crippen LogP contribution in [0.1, 0.15) is 29.7 Å². The zero-order valence-corrected chi connectivity index (χ0v) is 14.5. The lowest BCUT2D eigenvalue weighted by molar-refractivity contribution is 0.628. The number of halogens is 3. The van der Waals surface area contributed by atoms with Crippen LogP contribution >= 0.6 is 39.1 Å². The van der Waals surface area contributed by atoms with Crippen molar-refractivity contribution in [3.05, 3.63) is 67.6 Å². The average Bonchev–Trinajstić information content (AvgIpc) is 2.43. The molecule has 106 valence electrons. The van der Waals surface area contributed by atoms with E-state index in [2.05, 4.69) is 53.3 Å². The Kier molecular flexibility index (Phi) is 5.50. The van der Waals surface area contributed by atoms with Gasteiger partial charge in [0.25, 0.3) is 0 Å². The van der Waals surface area contributed by atoms with Gasteiger partial charge in [0.2, 0.25) is 0 Å². The molecule has 0 saturated carbocycles. The minimum absolute atomic E-state index is 0.0143. The van der Waals surface area contributed by atoms with Crippen molar-refractivity contribution in [1.29, 1.82) is 0 Å². The van der Waals surface area contributed by atoms with Crippen molar-refractivity contribution in [3.63, 3.8) is 0 Å². The standard InChI is InChI=1S/C16H16BrCl2N/c1-3-20-16(11-7-4-6-10(2)14(11)17)12-8-5-9-13(18)15(12)19/h4-9,16,20H,3H2,1-2H3. The maximum absolute atomic E-state index is 6.38. The first-order valence-electron chi connectivity index (χ1n) is 6.48. The first kappa shape index (κ1) is 15.8. The monoisotopic (exact) mass is 371 g/mol. The molecule has 20 heavy (non-hydrogen) atoms. The molecule has 0 saturated heterocycles. The van der Waals surface area contributed by atoms with E-state index in [1.165, 1.54) is 5.56 Å². The average molecular weight is 373 g/mol. The summed E-state index contributed by atoms with van der Waals surface area (Å²) < 4.78 is 1.10. The summed E-state index contributed by atoms with van der Waals surface area (Å²) in [6.07, 6.45) is 0. The summed E-state index contributed by atoms with van der Waals surface area (Å²) in [6.45, 7) is 5.00. The molecule has 1 unspecified atom stereocenters. The van der Waals surface area contributed by atoms with Crippen LogP contribution in [0.4, 0.5) is 0 Å². The van der Waals surface area contributed by atoms with Crippen LogP contribution < -0.4 is 5.32 Å². The molecular formula is C16H16BrCl2N. The van der Waals surface area contributed by atoms with Gasteiger partial charge in [0, 0.05) is 4.47 Å². The van der Waals surface area contributed by atoms with Gasteiger partial charge in [0.05, 0.1) is 16.1 Å². The third-order valence-electron chi connectivity index (χ3n) is 3.23. The van der Waals surface area contributed by atoms with E-state index in [0.717, 1.165) is 22.1 Å². The van der Waals surface area contributed by atoms with Crippen molar-refractivity contribution in [2.45, 2.75) is 19.9 Å². The first-order valence-corrected chi connectivity index (χ1v) is 8.03. The second-order valence-corrected chi connectivity index (χ2v) is 6.19. The number of nitrogens with one attached hydrogen (secondary N) is 1. The van der Waals surface area contributed by atoms with Crippen LogP contribution in [0.2, 0.25) is 10.0 Å². The van der Waals surface area contributed by atoms with Gasteiger partial charge in [-0.2, -0.15) is 0 Å². The molecule has 2 aromatic carbocycles. The summed E-state index contributed by atoms with van der Waals surface area (Å²) in [5.74, 6) is 0. The molecule has 0 radical (unpaired) electrons. The first-order chi connectivity index (χ1) is 9.56. The van der Waals surface area contributed by atoms with E-state index in [0.29, 0.717) is 10.0 Å². The topological polar surface area (TPSA) is 12.0 Å². The fourth-order valence-electron chi connectivity index (χ4n) is 2.23. The Bertz CT molecular complexity index is 562. The third-order valence-corrected chi connectivity index (χ3v) is 5.15. The number of rotatable bonds is 4. The molecule has 0 amide bonds. The Morgan fingerprint density at radius 1 is 1.10 bits per heavy atom. The predicted molar refractivity (Wildman–Crippen MR) is 90.9 cm³/mol. The predicted octanol–water partition coefficient (Wildman–Crippen LogP) is 5.76. The van der Waals surface area contributed by atoms with E-state index >= 15 is 0 Å². The summed E-state index contributed by atoms with van der Waals surface area (Å²) in [5.41, 5.74) is 3.35. The van der Waals surface area contributed by atoms with E-state index in [-0.39, 0.29) is 6.04 Å². The van der Waals surface area contributed by atoms with Crippen molar-refractivity contribution in [1.82, 2.24) is 5.32 Å². The van der Waals surface area contributed by atoms with Gasteiger partial charge in [0.15, 0.2) is 0 Å². The number of hydrogen-bond acceptors (Lipinski definition) is 1. The Labute approximate surface area is 138 Å². The number of benzene rings is 2. The van der Waals surface area contributed by atoms with Crippen molar-refractivity contribution in [3.8, 4) is 0 Å². The van der Waals surface area contributed by atoms with E-state index < -0.39 is 0 Å². The summed E-state index contributed by atoms with van der Waals surface area (Å²) >= 11 is 16.2. The lowest BCUT2D eigenvalue weighted by Crippen LogP contribution is -2.23. The summed E-state index contributed by atoms with van der Waals surface area (Å²) in [7, 11) is 0. The van der Waals surface area contributed by atoms with Crippen LogP contribution in [0.3, 0.4) is 0 Å². The highest BCUT2D eigenvalue weighted by Crippen LogP contribution is 2.36. The molecule has 0 aromatic heterocycles. The van der Waals surface area contributed by atoms with Crippen LogP contribution in [-0.2, 0) is 0 Å². The Morgan fingerprint density at radius 2 is 1.75 bits per heavy atom. The molecule has 4 heteroatoms. The molecule has 0 heterocycles. The molecular weight excluding hydrogens is 357 g/mol. The lowest BCUT2D eigenvalue weighted by Gasteiger charge is -2.22. The van der Waals surface area contributed by atoms with Gasteiger partial charge in [-0.1, -0.05) is 76.4 Å².